The Morgan fingerprint density at radius 3 is 2.60 bits per heavy atom. The molecule has 0 bridgehead atoms. The van der Waals surface area contributed by atoms with E-state index in [2.05, 4.69) is 17.0 Å². The van der Waals surface area contributed by atoms with Crippen molar-refractivity contribution in [1.29, 1.82) is 0 Å². The molecule has 0 N–H and O–H groups in total. The van der Waals surface area contributed by atoms with E-state index in [1.54, 1.807) is 28.7 Å². The molecule has 7 nitrogen and oxygen atoms in total. The zero-order chi connectivity index (χ0) is 14.7. The van der Waals surface area contributed by atoms with Gasteiger partial charge in [-0.05, 0) is 12.8 Å². The molecule has 0 spiro atoms. The molecule has 0 atom stereocenters. The van der Waals surface area contributed by atoms with Crippen LogP contribution in [0.15, 0.2) is 12.4 Å². The van der Waals surface area contributed by atoms with Crippen LogP contribution < -0.4 is 0 Å². The molecule has 0 fully saturated rings. The Kier molecular flexibility index (Phi) is 4.16. The summed E-state index contributed by atoms with van der Waals surface area (Å²) in [6, 6.07) is 0. The van der Waals surface area contributed by atoms with Crippen LogP contribution in [-0.4, -0.2) is 24.3 Å². The minimum atomic E-state index is -0.344. The van der Waals surface area contributed by atoms with Crippen molar-refractivity contribution in [2.75, 3.05) is 0 Å². The second-order valence-corrected chi connectivity index (χ2v) is 4.71. The third-order valence-corrected chi connectivity index (χ3v) is 3.15. The Balaban J connectivity index is 2.60. The Morgan fingerprint density at radius 2 is 2.00 bits per heavy atom. The SMILES string of the molecule is CCCc1nn(C)c(-n2ccnc2CCC)c1[N+](=O)[O-]. The zero-order valence-electron chi connectivity index (χ0n) is 12.0. The lowest BCUT2D eigenvalue weighted by atomic mass is 10.2. The first-order chi connectivity index (χ1) is 9.60. The summed E-state index contributed by atoms with van der Waals surface area (Å²) in [7, 11) is 1.73. The van der Waals surface area contributed by atoms with E-state index in [1.165, 1.54) is 0 Å². The molecule has 2 rings (SSSR count). The van der Waals surface area contributed by atoms with Crippen LogP contribution in [0, 0.1) is 10.1 Å². The number of hydrogen-bond donors (Lipinski definition) is 0. The monoisotopic (exact) mass is 277 g/mol. The highest BCUT2D eigenvalue weighted by atomic mass is 16.6. The number of nitrogens with zero attached hydrogens (tertiary/aromatic N) is 5. The summed E-state index contributed by atoms with van der Waals surface area (Å²) >= 11 is 0. The second kappa shape index (κ2) is 5.85. The molecule has 0 aliphatic carbocycles. The average Bonchev–Trinajstić information content (AvgIpc) is 2.94. The van der Waals surface area contributed by atoms with Gasteiger partial charge in [0.05, 0.1) is 4.92 Å². The quantitative estimate of drug-likeness (QED) is 0.600. The van der Waals surface area contributed by atoms with E-state index in [0.717, 1.165) is 25.1 Å². The summed E-state index contributed by atoms with van der Waals surface area (Å²) in [4.78, 5) is 15.3. The van der Waals surface area contributed by atoms with Gasteiger partial charge in [0.2, 0.25) is 5.82 Å². The maximum Gasteiger partial charge on any atom is 0.334 e. The van der Waals surface area contributed by atoms with E-state index in [4.69, 9.17) is 0 Å². The predicted octanol–water partition coefficient (Wildman–Crippen LogP) is 2.42. The summed E-state index contributed by atoms with van der Waals surface area (Å²) in [5.74, 6) is 1.31. The van der Waals surface area contributed by atoms with Gasteiger partial charge in [-0.15, -0.1) is 0 Å². The number of rotatable bonds is 6. The molecular weight excluding hydrogens is 258 g/mol. The summed E-state index contributed by atoms with van der Waals surface area (Å²) < 4.78 is 3.34. The van der Waals surface area contributed by atoms with E-state index in [-0.39, 0.29) is 10.6 Å². The van der Waals surface area contributed by atoms with Crippen molar-refractivity contribution >= 4 is 5.69 Å². The topological polar surface area (TPSA) is 78.8 Å². The van der Waals surface area contributed by atoms with Crippen molar-refractivity contribution in [3.8, 4) is 5.82 Å². The largest absolute Gasteiger partial charge is 0.334 e. The molecule has 108 valence electrons. The number of aromatic nitrogens is 4. The summed E-state index contributed by atoms with van der Waals surface area (Å²) in [5, 5.41) is 15.7. The Bertz CT molecular complexity index is 614. The average molecular weight is 277 g/mol. The van der Waals surface area contributed by atoms with Gasteiger partial charge in [0, 0.05) is 25.9 Å². The molecule has 7 heteroatoms. The highest BCUT2D eigenvalue weighted by Gasteiger charge is 2.28. The molecule has 0 aliphatic rings. The van der Waals surface area contributed by atoms with Gasteiger partial charge in [-0.1, -0.05) is 20.3 Å². The molecule has 0 aromatic carbocycles. The fourth-order valence-electron chi connectivity index (χ4n) is 2.36. The molecule has 0 unspecified atom stereocenters. The molecule has 20 heavy (non-hydrogen) atoms. The van der Waals surface area contributed by atoms with Gasteiger partial charge < -0.3 is 0 Å². The van der Waals surface area contributed by atoms with Crippen LogP contribution >= 0.6 is 0 Å². The third-order valence-electron chi connectivity index (χ3n) is 3.15. The summed E-state index contributed by atoms with van der Waals surface area (Å²) in [6.07, 6.45) is 6.56. The molecule has 0 amide bonds. The Hall–Kier alpha value is -2.18. The number of aryl methyl sites for hydroxylation is 3. The molecule has 0 saturated heterocycles. The number of imidazole rings is 1. The fourth-order valence-corrected chi connectivity index (χ4v) is 2.36. The van der Waals surface area contributed by atoms with Crippen molar-refractivity contribution in [3.05, 3.63) is 34.0 Å². The van der Waals surface area contributed by atoms with Crippen molar-refractivity contribution in [2.24, 2.45) is 7.05 Å². The van der Waals surface area contributed by atoms with Crippen LogP contribution in [0.5, 0.6) is 0 Å². The first kappa shape index (κ1) is 14.2. The van der Waals surface area contributed by atoms with E-state index in [9.17, 15) is 10.1 Å². The van der Waals surface area contributed by atoms with Crippen LogP contribution in [0.4, 0.5) is 5.69 Å². The summed E-state index contributed by atoms with van der Waals surface area (Å²) in [5.41, 5.74) is 0.621. The minimum Gasteiger partial charge on any atom is -0.282 e. The maximum absolute atomic E-state index is 11.4. The Morgan fingerprint density at radius 1 is 1.30 bits per heavy atom. The highest BCUT2D eigenvalue weighted by molar-refractivity contribution is 5.52. The maximum atomic E-state index is 11.4. The fraction of sp³-hybridized carbons (Fsp3) is 0.538. The van der Waals surface area contributed by atoms with Crippen molar-refractivity contribution in [3.63, 3.8) is 0 Å². The molecule has 2 aromatic rings. The Labute approximate surface area is 117 Å². The van der Waals surface area contributed by atoms with Crippen LogP contribution in [0.3, 0.4) is 0 Å². The molecule has 2 aromatic heterocycles. The van der Waals surface area contributed by atoms with Crippen LogP contribution in [0.2, 0.25) is 0 Å². The molecular formula is C13H19N5O2. The predicted molar refractivity (Wildman–Crippen MR) is 75.0 cm³/mol. The smallest absolute Gasteiger partial charge is 0.282 e. The van der Waals surface area contributed by atoms with Gasteiger partial charge in [0.15, 0.2) is 0 Å². The standard InChI is InChI=1S/C13H19N5O2/c1-4-6-10-12(18(19)20)13(16(3)15-10)17-9-8-14-11(17)7-5-2/h8-9H,4-7H2,1-3H3. The lowest BCUT2D eigenvalue weighted by Gasteiger charge is -2.06. The van der Waals surface area contributed by atoms with Crippen molar-refractivity contribution in [2.45, 2.75) is 39.5 Å². The normalized spacial score (nSPS) is 10.9. The van der Waals surface area contributed by atoms with E-state index >= 15 is 0 Å². The van der Waals surface area contributed by atoms with Gasteiger partial charge >= 0.3 is 5.69 Å². The van der Waals surface area contributed by atoms with Crippen molar-refractivity contribution < 1.29 is 4.92 Å². The van der Waals surface area contributed by atoms with Gasteiger partial charge in [0.1, 0.15) is 11.5 Å². The van der Waals surface area contributed by atoms with Crippen LogP contribution in [0.1, 0.15) is 38.2 Å². The van der Waals surface area contributed by atoms with Gasteiger partial charge in [-0.3, -0.25) is 14.7 Å². The van der Waals surface area contributed by atoms with Crippen molar-refractivity contribution in [1.82, 2.24) is 19.3 Å². The zero-order valence-corrected chi connectivity index (χ0v) is 12.0. The van der Waals surface area contributed by atoms with Gasteiger partial charge in [-0.2, -0.15) is 5.10 Å². The first-order valence-electron chi connectivity index (χ1n) is 6.83. The number of hydrogen-bond acceptors (Lipinski definition) is 4. The van der Waals surface area contributed by atoms with Gasteiger partial charge in [0.25, 0.3) is 0 Å². The van der Waals surface area contributed by atoms with E-state index in [0.29, 0.717) is 17.9 Å². The molecule has 0 radical (unpaired) electrons. The van der Waals surface area contributed by atoms with Gasteiger partial charge in [-0.25, -0.2) is 9.67 Å². The van der Waals surface area contributed by atoms with E-state index in [1.807, 2.05) is 6.92 Å². The number of nitro groups is 1. The van der Waals surface area contributed by atoms with Crippen LogP contribution in [0.25, 0.3) is 5.82 Å². The third kappa shape index (κ3) is 2.43. The second-order valence-electron chi connectivity index (χ2n) is 4.71. The molecule has 0 saturated carbocycles. The minimum absolute atomic E-state index is 0.0877. The molecule has 0 aliphatic heterocycles. The van der Waals surface area contributed by atoms with E-state index < -0.39 is 0 Å². The molecule has 2 heterocycles. The highest BCUT2D eigenvalue weighted by Crippen LogP contribution is 2.28. The lowest BCUT2D eigenvalue weighted by Crippen LogP contribution is -2.08. The summed E-state index contributed by atoms with van der Waals surface area (Å²) in [6.45, 7) is 4.04. The van der Waals surface area contributed by atoms with Crippen LogP contribution in [-0.2, 0) is 19.9 Å². The first-order valence-corrected chi connectivity index (χ1v) is 6.83. The lowest BCUT2D eigenvalue weighted by molar-refractivity contribution is -0.385.